The number of hydrogen-bond acceptors (Lipinski definition) is 2. The molecular formula is C18H22ClN3O. The van der Waals surface area contributed by atoms with Crippen molar-refractivity contribution >= 4 is 17.5 Å². The fourth-order valence-corrected chi connectivity index (χ4v) is 3.42. The number of amides is 1. The van der Waals surface area contributed by atoms with Gasteiger partial charge in [0.05, 0.1) is 23.1 Å². The summed E-state index contributed by atoms with van der Waals surface area (Å²) in [5, 5.41) is 8.25. The number of carbonyl (C=O) groups excluding carboxylic acids is 1. The highest BCUT2D eigenvalue weighted by atomic mass is 35.5. The zero-order chi connectivity index (χ0) is 16.4. The number of hydrogen-bond donors (Lipinski definition) is 1. The molecule has 1 N–H and O–H groups in total. The standard InChI is InChI=1S/C18H22ClN3O/c1-12(2)17-16(18(23)21-14-7-3-4-8-14)11-20-22(17)15-9-5-6-13(19)10-15/h5-6,9-12,14H,3-4,7-8H2,1-2H3,(H,21,23). The van der Waals surface area contributed by atoms with Crippen molar-refractivity contribution in [2.45, 2.75) is 51.5 Å². The summed E-state index contributed by atoms with van der Waals surface area (Å²) in [6.07, 6.45) is 6.21. The molecule has 1 amide bonds. The van der Waals surface area contributed by atoms with Crippen molar-refractivity contribution in [3.63, 3.8) is 0 Å². The molecule has 1 heterocycles. The van der Waals surface area contributed by atoms with Crippen molar-refractivity contribution in [3.8, 4) is 5.69 Å². The second-order valence-electron chi connectivity index (χ2n) is 6.44. The highest BCUT2D eigenvalue weighted by molar-refractivity contribution is 6.30. The number of rotatable bonds is 4. The zero-order valence-electron chi connectivity index (χ0n) is 13.6. The van der Waals surface area contributed by atoms with Gasteiger partial charge in [-0.1, -0.05) is 44.4 Å². The van der Waals surface area contributed by atoms with Gasteiger partial charge < -0.3 is 5.32 Å². The molecule has 4 nitrogen and oxygen atoms in total. The minimum absolute atomic E-state index is 0.0196. The van der Waals surface area contributed by atoms with Gasteiger partial charge in [-0.15, -0.1) is 0 Å². The molecule has 1 aliphatic rings. The molecule has 0 unspecified atom stereocenters. The van der Waals surface area contributed by atoms with Crippen LogP contribution in [0.5, 0.6) is 0 Å². The first-order chi connectivity index (χ1) is 11.1. The highest BCUT2D eigenvalue weighted by Gasteiger charge is 2.24. The number of aromatic nitrogens is 2. The van der Waals surface area contributed by atoms with Gasteiger partial charge in [-0.05, 0) is 37.0 Å². The van der Waals surface area contributed by atoms with Gasteiger partial charge in [0.2, 0.25) is 0 Å². The molecule has 0 bridgehead atoms. The maximum Gasteiger partial charge on any atom is 0.255 e. The third kappa shape index (κ3) is 3.42. The minimum Gasteiger partial charge on any atom is -0.349 e. The van der Waals surface area contributed by atoms with Gasteiger partial charge in [-0.3, -0.25) is 4.79 Å². The van der Waals surface area contributed by atoms with Crippen LogP contribution < -0.4 is 5.32 Å². The van der Waals surface area contributed by atoms with Crippen molar-refractivity contribution in [2.24, 2.45) is 0 Å². The summed E-state index contributed by atoms with van der Waals surface area (Å²) in [6, 6.07) is 7.83. The van der Waals surface area contributed by atoms with E-state index in [0.717, 1.165) is 24.2 Å². The van der Waals surface area contributed by atoms with Crippen LogP contribution in [-0.2, 0) is 0 Å². The van der Waals surface area contributed by atoms with E-state index in [9.17, 15) is 4.79 Å². The second-order valence-corrected chi connectivity index (χ2v) is 6.88. The lowest BCUT2D eigenvalue weighted by Gasteiger charge is -2.15. The number of nitrogens with one attached hydrogen (secondary N) is 1. The molecule has 3 rings (SSSR count). The van der Waals surface area contributed by atoms with Crippen LogP contribution in [0.15, 0.2) is 30.5 Å². The maximum absolute atomic E-state index is 12.6. The molecule has 1 saturated carbocycles. The lowest BCUT2D eigenvalue weighted by molar-refractivity contribution is 0.0936. The van der Waals surface area contributed by atoms with Crippen molar-refractivity contribution in [1.82, 2.24) is 15.1 Å². The molecule has 1 aromatic heterocycles. The third-order valence-electron chi connectivity index (χ3n) is 4.34. The van der Waals surface area contributed by atoms with E-state index in [1.165, 1.54) is 12.8 Å². The van der Waals surface area contributed by atoms with Crippen molar-refractivity contribution < 1.29 is 4.79 Å². The van der Waals surface area contributed by atoms with Crippen LogP contribution in [0.2, 0.25) is 5.02 Å². The van der Waals surface area contributed by atoms with Crippen LogP contribution >= 0.6 is 11.6 Å². The normalized spacial score (nSPS) is 15.3. The SMILES string of the molecule is CC(C)c1c(C(=O)NC2CCCC2)cnn1-c1cccc(Cl)c1. The van der Waals surface area contributed by atoms with E-state index >= 15 is 0 Å². The Hall–Kier alpha value is -1.81. The Morgan fingerprint density at radius 3 is 2.74 bits per heavy atom. The Morgan fingerprint density at radius 1 is 1.35 bits per heavy atom. The van der Waals surface area contributed by atoms with Crippen molar-refractivity contribution in [3.05, 3.63) is 46.7 Å². The first kappa shape index (κ1) is 16.1. The molecule has 0 atom stereocenters. The minimum atomic E-state index is -0.0196. The van der Waals surface area contributed by atoms with Gasteiger partial charge in [-0.2, -0.15) is 5.10 Å². The third-order valence-corrected chi connectivity index (χ3v) is 4.58. The predicted octanol–water partition coefficient (Wildman–Crippen LogP) is 4.32. The molecule has 0 aliphatic heterocycles. The van der Waals surface area contributed by atoms with Crippen molar-refractivity contribution in [1.29, 1.82) is 0 Å². The van der Waals surface area contributed by atoms with E-state index in [4.69, 9.17) is 11.6 Å². The van der Waals surface area contributed by atoms with E-state index in [-0.39, 0.29) is 11.8 Å². The molecule has 0 radical (unpaired) electrons. The summed E-state index contributed by atoms with van der Waals surface area (Å²) in [5.74, 6) is 0.162. The van der Waals surface area contributed by atoms with E-state index in [1.807, 2.05) is 28.9 Å². The molecule has 1 fully saturated rings. The molecular weight excluding hydrogens is 310 g/mol. The highest BCUT2D eigenvalue weighted by Crippen LogP contribution is 2.25. The molecule has 1 aromatic carbocycles. The molecule has 1 aliphatic carbocycles. The lowest BCUT2D eigenvalue weighted by atomic mass is 10.0. The van der Waals surface area contributed by atoms with Gasteiger partial charge in [0.1, 0.15) is 0 Å². The second kappa shape index (κ2) is 6.75. The number of benzene rings is 1. The number of carbonyl (C=O) groups is 1. The Morgan fingerprint density at radius 2 is 2.09 bits per heavy atom. The molecule has 0 spiro atoms. The van der Waals surface area contributed by atoms with E-state index in [2.05, 4.69) is 24.3 Å². The lowest BCUT2D eigenvalue weighted by Crippen LogP contribution is -2.33. The zero-order valence-corrected chi connectivity index (χ0v) is 14.3. The summed E-state index contributed by atoms with van der Waals surface area (Å²) < 4.78 is 1.82. The van der Waals surface area contributed by atoms with Crippen LogP contribution in [0.25, 0.3) is 5.69 Å². The smallest absolute Gasteiger partial charge is 0.255 e. The monoisotopic (exact) mass is 331 g/mol. The number of nitrogens with zero attached hydrogens (tertiary/aromatic N) is 2. The van der Waals surface area contributed by atoms with Gasteiger partial charge in [0.15, 0.2) is 0 Å². The fourth-order valence-electron chi connectivity index (χ4n) is 3.24. The maximum atomic E-state index is 12.6. The van der Waals surface area contributed by atoms with Gasteiger partial charge in [-0.25, -0.2) is 4.68 Å². The van der Waals surface area contributed by atoms with Crippen LogP contribution in [0.1, 0.15) is 61.5 Å². The first-order valence-electron chi connectivity index (χ1n) is 8.21. The quantitative estimate of drug-likeness (QED) is 0.906. The summed E-state index contributed by atoms with van der Waals surface area (Å²) in [6.45, 7) is 4.15. The Kier molecular flexibility index (Phi) is 4.71. The predicted molar refractivity (Wildman–Crippen MR) is 92.4 cm³/mol. The Balaban J connectivity index is 1.93. The van der Waals surface area contributed by atoms with E-state index in [0.29, 0.717) is 16.6 Å². The van der Waals surface area contributed by atoms with Crippen LogP contribution in [0, 0.1) is 0 Å². The van der Waals surface area contributed by atoms with E-state index < -0.39 is 0 Å². The average Bonchev–Trinajstić information content (AvgIpc) is 3.15. The summed E-state index contributed by atoms with van der Waals surface area (Å²) >= 11 is 6.09. The van der Waals surface area contributed by atoms with Crippen LogP contribution in [-0.4, -0.2) is 21.7 Å². The Labute approximate surface area is 141 Å². The van der Waals surface area contributed by atoms with Crippen LogP contribution in [0.4, 0.5) is 0 Å². The van der Waals surface area contributed by atoms with Crippen LogP contribution in [0.3, 0.4) is 0 Å². The molecule has 5 heteroatoms. The fraction of sp³-hybridized carbons (Fsp3) is 0.444. The van der Waals surface area contributed by atoms with Gasteiger partial charge in [0, 0.05) is 11.1 Å². The summed E-state index contributed by atoms with van der Waals surface area (Å²) in [5.41, 5.74) is 2.45. The van der Waals surface area contributed by atoms with Gasteiger partial charge >= 0.3 is 0 Å². The molecule has 122 valence electrons. The van der Waals surface area contributed by atoms with E-state index in [1.54, 1.807) is 6.20 Å². The summed E-state index contributed by atoms with van der Waals surface area (Å²) in [4.78, 5) is 12.6. The molecule has 2 aromatic rings. The summed E-state index contributed by atoms with van der Waals surface area (Å²) in [7, 11) is 0. The first-order valence-corrected chi connectivity index (χ1v) is 8.59. The van der Waals surface area contributed by atoms with Gasteiger partial charge in [0.25, 0.3) is 5.91 Å². The molecule has 23 heavy (non-hydrogen) atoms. The molecule has 0 saturated heterocycles. The topological polar surface area (TPSA) is 46.9 Å². The average molecular weight is 332 g/mol. The largest absolute Gasteiger partial charge is 0.349 e. The Bertz CT molecular complexity index is 702. The van der Waals surface area contributed by atoms with Crippen molar-refractivity contribution in [2.75, 3.05) is 0 Å². The number of halogens is 1.